The maximum absolute atomic E-state index is 11.9. The summed E-state index contributed by atoms with van der Waals surface area (Å²) in [5, 5.41) is 20.1. The van der Waals surface area contributed by atoms with E-state index >= 15 is 0 Å². The zero-order valence-corrected chi connectivity index (χ0v) is 32.6. The SMILES string of the molecule is CS(=O)(=O)c1ccc(Nc2nc(Nc3ccc(Cl)cc3)nc(Nc3ccc(Nc4nc(Nc5ccc(Cl)cc5)nc(Nc5ccc(S(=O)O)cc5)n4)cc3)n2)cc1. The maximum atomic E-state index is 11.9. The third-order valence-corrected chi connectivity index (χ3v) is 10.0. The number of sulfone groups is 1. The van der Waals surface area contributed by atoms with Gasteiger partial charge < -0.3 is 36.5 Å². The number of benzene rings is 5. The van der Waals surface area contributed by atoms with E-state index in [1.807, 2.05) is 0 Å². The first-order valence-electron chi connectivity index (χ1n) is 16.7. The second kappa shape index (κ2) is 17.1. The molecule has 0 fully saturated rings. The van der Waals surface area contributed by atoms with Gasteiger partial charge in [-0.25, -0.2) is 12.6 Å². The fraction of sp³-hybridized carbons (Fsp3) is 0.0270. The summed E-state index contributed by atoms with van der Waals surface area (Å²) < 4.78 is 44.7. The predicted octanol–water partition coefficient (Wildman–Crippen LogP) is 8.81. The molecule has 7 rings (SSSR count). The standard InChI is InChI=1S/C37H30Cl2N12O4S2/c1-57(54,55)31-20-16-29(17-21-31)45-37-49-33(41-25-8-4-23(39)5-9-25)47-35(51-37)43-27-12-10-26(11-13-27)42-34-46-32(40-24-6-2-22(38)3-7-24)48-36(50-34)44-28-14-18-30(19-15-28)56(52)53/h2-21H,1H3,(H,52,53)(H3,40,42,44,46,48,50)(H3,41,43,45,47,49,51). The van der Waals surface area contributed by atoms with Crippen LogP contribution in [-0.4, -0.2) is 53.3 Å². The lowest BCUT2D eigenvalue weighted by Crippen LogP contribution is -2.08. The van der Waals surface area contributed by atoms with Crippen molar-refractivity contribution in [1.82, 2.24) is 29.9 Å². The molecule has 0 spiro atoms. The Labute approximate surface area is 338 Å². The van der Waals surface area contributed by atoms with Gasteiger partial charge in [-0.05, 0) is 121 Å². The van der Waals surface area contributed by atoms with E-state index in [1.54, 1.807) is 97.1 Å². The molecule has 16 nitrogen and oxygen atoms in total. The molecule has 0 aliphatic rings. The van der Waals surface area contributed by atoms with E-state index in [0.717, 1.165) is 6.26 Å². The molecule has 0 saturated carbocycles. The fourth-order valence-corrected chi connectivity index (χ4v) is 6.26. The van der Waals surface area contributed by atoms with E-state index in [0.29, 0.717) is 44.2 Å². The van der Waals surface area contributed by atoms with Gasteiger partial charge in [0.25, 0.3) is 0 Å². The minimum atomic E-state index is -3.37. The maximum Gasteiger partial charge on any atom is 0.233 e. The fourth-order valence-electron chi connectivity index (χ4n) is 5.01. The highest BCUT2D eigenvalue weighted by Crippen LogP contribution is 2.26. The molecule has 1 unspecified atom stereocenters. The molecule has 1 atom stereocenters. The Balaban J connectivity index is 1.11. The number of nitrogens with zero attached hydrogens (tertiary/aromatic N) is 6. The molecule has 20 heteroatoms. The van der Waals surface area contributed by atoms with Crippen molar-refractivity contribution in [1.29, 1.82) is 0 Å². The molecule has 288 valence electrons. The van der Waals surface area contributed by atoms with Crippen LogP contribution in [0.1, 0.15) is 0 Å². The van der Waals surface area contributed by atoms with Gasteiger partial charge in [0.15, 0.2) is 20.9 Å². The first-order chi connectivity index (χ1) is 27.4. The van der Waals surface area contributed by atoms with Gasteiger partial charge in [-0.2, -0.15) is 29.9 Å². The van der Waals surface area contributed by atoms with Crippen molar-refractivity contribution in [3.8, 4) is 0 Å². The first kappa shape index (κ1) is 38.8. The van der Waals surface area contributed by atoms with Gasteiger partial charge in [0.2, 0.25) is 35.7 Å². The van der Waals surface area contributed by atoms with Gasteiger partial charge >= 0.3 is 0 Å². The molecular weight excluding hydrogens is 812 g/mol. The topological polar surface area (TPSA) is 221 Å². The van der Waals surface area contributed by atoms with Crippen molar-refractivity contribution in [3.63, 3.8) is 0 Å². The van der Waals surface area contributed by atoms with Crippen LogP contribution in [0, 0.1) is 0 Å². The Kier molecular flexibility index (Phi) is 11.7. The normalized spacial score (nSPS) is 11.6. The van der Waals surface area contributed by atoms with Crippen LogP contribution >= 0.6 is 23.2 Å². The summed E-state index contributed by atoms with van der Waals surface area (Å²) in [7, 11) is -3.37. The largest absolute Gasteiger partial charge is 0.324 e. The smallest absolute Gasteiger partial charge is 0.233 e. The summed E-state index contributed by atoms with van der Waals surface area (Å²) in [6.45, 7) is 0. The second-order valence-corrected chi connectivity index (χ2v) is 15.9. The van der Waals surface area contributed by atoms with Crippen LogP contribution < -0.4 is 31.9 Å². The number of hydrogen-bond donors (Lipinski definition) is 7. The second-order valence-electron chi connectivity index (χ2n) is 12.0. The molecule has 0 saturated heterocycles. The van der Waals surface area contributed by atoms with E-state index in [9.17, 15) is 17.2 Å². The summed E-state index contributed by atoms with van der Waals surface area (Å²) in [6, 6.07) is 33.8. The Morgan fingerprint density at radius 2 is 0.667 bits per heavy atom. The number of nitrogens with one attached hydrogen (secondary N) is 6. The van der Waals surface area contributed by atoms with E-state index < -0.39 is 20.9 Å². The zero-order valence-electron chi connectivity index (χ0n) is 29.5. The van der Waals surface area contributed by atoms with Crippen molar-refractivity contribution in [2.75, 3.05) is 38.2 Å². The first-order valence-corrected chi connectivity index (χ1v) is 20.4. The van der Waals surface area contributed by atoms with Crippen molar-refractivity contribution >= 4 is 114 Å². The van der Waals surface area contributed by atoms with Gasteiger partial charge in [0.1, 0.15) is 0 Å². The van der Waals surface area contributed by atoms with Crippen LogP contribution in [0.25, 0.3) is 0 Å². The lowest BCUT2D eigenvalue weighted by atomic mass is 10.3. The molecule has 0 radical (unpaired) electrons. The molecule has 0 bridgehead atoms. The van der Waals surface area contributed by atoms with Gasteiger partial charge in [0, 0.05) is 50.4 Å². The van der Waals surface area contributed by atoms with Crippen LogP contribution in [0.4, 0.5) is 69.8 Å². The van der Waals surface area contributed by atoms with E-state index in [1.165, 1.54) is 24.3 Å². The minimum absolute atomic E-state index is 0.183. The Morgan fingerprint density at radius 3 is 0.912 bits per heavy atom. The highest BCUT2D eigenvalue weighted by Gasteiger charge is 2.13. The van der Waals surface area contributed by atoms with Crippen molar-refractivity contribution < 1.29 is 17.2 Å². The third-order valence-electron chi connectivity index (χ3n) is 7.72. The number of rotatable bonds is 14. The highest BCUT2D eigenvalue weighted by molar-refractivity contribution is 7.90. The summed E-state index contributed by atoms with van der Waals surface area (Å²) in [5.74, 6) is 1.28. The predicted molar refractivity (Wildman–Crippen MR) is 224 cm³/mol. The van der Waals surface area contributed by atoms with Gasteiger partial charge in [-0.3, -0.25) is 0 Å². The Morgan fingerprint density at radius 1 is 0.439 bits per heavy atom. The van der Waals surface area contributed by atoms with E-state index in [2.05, 4.69) is 61.8 Å². The highest BCUT2D eigenvalue weighted by atomic mass is 35.5. The van der Waals surface area contributed by atoms with Crippen LogP contribution in [-0.2, 0) is 20.9 Å². The quantitative estimate of drug-likeness (QED) is 0.0508. The van der Waals surface area contributed by atoms with Gasteiger partial charge in [0.05, 0.1) is 9.79 Å². The monoisotopic (exact) mass is 840 g/mol. The summed E-state index contributed by atoms with van der Waals surface area (Å²) in [6.07, 6.45) is 1.14. The van der Waals surface area contributed by atoms with Crippen molar-refractivity contribution in [2.24, 2.45) is 0 Å². The lowest BCUT2D eigenvalue weighted by molar-refractivity contribution is 0.564. The van der Waals surface area contributed by atoms with E-state index in [-0.39, 0.29) is 45.5 Å². The molecule has 57 heavy (non-hydrogen) atoms. The Bertz CT molecular complexity index is 2640. The molecule has 2 aromatic heterocycles. The average Bonchev–Trinajstić information content (AvgIpc) is 3.17. The average molecular weight is 842 g/mol. The van der Waals surface area contributed by atoms with Crippen LogP contribution in [0.2, 0.25) is 10.0 Å². The number of halogens is 2. The summed E-state index contributed by atoms with van der Waals surface area (Å²) >= 11 is 10.0. The summed E-state index contributed by atoms with van der Waals surface area (Å²) in [5.41, 5.74) is 3.82. The van der Waals surface area contributed by atoms with Gasteiger partial charge in [-0.1, -0.05) is 23.2 Å². The zero-order chi connectivity index (χ0) is 39.9. The molecule has 7 aromatic rings. The number of hydrogen-bond acceptors (Lipinski definition) is 15. The molecule has 0 amide bonds. The van der Waals surface area contributed by atoms with Crippen LogP contribution in [0.3, 0.4) is 0 Å². The van der Waals surface area contributed by atoms with Crippen LogP contribution in [0.15, 0.2) is 131 Å². The molecule has 0 aliphatic carbocycles. The van der Waals surface area contributed by atoms with Crippen LogP contribution in [0.5, 0.6) is 0 Å². The van der Waals surface area contributed by atoms with Gasteiger partial charge in [-0.15, -0.1) is 0 Å². The lowest BCUT2D eigenvalue weighted by Gasteiger charge is -2.13. The number of aromatic nitrogens is 6. The van der Waals surface area contributed by atoms with Crippen molar-refractivity contribution in [3.05, 3.63) is 131 Å². The minimum Gasteiger partial charge on any atom is -0.324 e. The van der Waals surface area contributed by atoms with Crippen molar-refractivity contribution in [2.45, 2.75) is 9.79 Å². The Hall–Kier alpha value is -6.44. The molecule has 2 heterocycles. The summed E-state index contributed by atoms with van der Waals surface area (Å²) in [4.78, 5) is 27.6. The third kappa shape index (κ3) is 10.9. The molecular formula is C37H30Cl2N12O4S2. The molecule has 0 aliphatic heterocycles. The molecule has 7 N–H and O–H groups in total. The van der Waals surface area contributed by atoms with E-state index in [4.69, 9.17) is 23.2 Å². The molecule has 5 aromatic carbocycles. The number of anilines is 12.